The first-order valence-corrected chi connectivity index (χ1v) is 5.85. The van der Waals surface area contributed by atoms with Gasteiger partial charge in [-0.3, -0.25) is 4.79 Å². The third kappa shape index (κ3) is 2.25. The molecular weight excluding hydrogens is 226 g/mol. The number of aliphatic carboxylic acids is 1. The molecule has 0 aliphatic rings. The fourth-order valence-electron chi connectivity index (χ4n) is 1.03. The van der Waals surface area contributed by atoms with Crippen molar-refractivity contribution in [3.8, 4) is 0 Å². The van der Waals surface area contributed by atoms with E-state index in [-0.39, 0.29) is 0 Å². The molecule has 1 heterocycles. The predicted octanol–water partition coefficient (Wildman–Crippen LogP) is 2.39. The molecule has 0 atom stereocenters. The Morgan fingerprint density at radius 1 is 1.44 bits per heavy atom. The second-order valence-electron chi connectivity index (χ2n) is 4.68. The average Bonchev–Trinajstić information content (AvgIpc) is 2.67. The van der Waals surface area contributed by atoms with Crippen molar-refractivity contribution in [2.75, 3.05) is 7.11 Å². The molecular formula is C11H17NO3S. The Balaban J connectivity index is 3.09. The Hall–Kier alpha value is -0.940. The molecule has 0 radical (unpaired) electrons. The molecule has 0 aliphatic heterocycles. The number of hydrogen-bond acceptors (Lipinski definition) is 4. The highest BCUT2D eigenvalue weighted by Gasteiger charge is 2.34. The maximum Gasteiger partial charge on any atom is 0.315 e. The van der Waals surface area contributed by atoms with Gasteiger partial charge in [-0.15, -0.1) is 11.3 Å². The van der Waals surface area contributed by atoms with Gasteiger partial charge in [0.1, 0.15) is 16.0 Å². The zero-order chi connectivity index (χ0) is 12.6. The molecule has 0 amide bonds. The summed E-state index contributed by atoms with van der Waals surface area (Å²) in [5, 5.41) is 11.7. The molecule has 5 heteroatoms. The number of hydrogen-bond donors (Lipinski definition) is 1. The Kier molecular flexibility index (Phi) is 3.40. The van der Waals surface area contributed by atoms with Gasteiger partial charge in [-0.05, 0) is 27.7 Å². The van der Waals surface area contributed by atoms with Crippen molar-refractivity contribution in [2.45, 2.75) is 38.7 Å². The van der Waals surface area contributed by atoms with Gasteiger partial charge in [0.15, 0.2) is 0 Å². The molecule has 0 aliphatic carbocycles. The van der Waals surface area contributed by atoms with Gasteiger partial charge in [0.05, 0.1) is 5.69 Å². The van der Waals surface area contributed by atoms with E-state index < -0.39 is 17.0 Å². The fraction of sp³-hybridized carbons (Fsp3) is 0.636. The summed E-state index contributed by atoms with van der Waals surface area (Å²) in [6.45, 7) is 7.11. The number of aromatic nitrogens is 1. The smallest absolute Gasteiger partial charge is 0.315 e. The molecule has 0 saturated heterocycles. The number of nitrogens with zero attached hydrogens (tertiary/aromatic N) is 1. The van der Waals surface area contributed by atoms with Crippen molar-refractivity contribution >= 4 is 17.3 Å². The van der Waals surface area contributed by atoms with Gasteiger partial charge in [0, 0.05) is 12.5 Å². The zero-order valence-corrected chi connectivity index (χ0v) is 11.0. The lowest BCUT2D eigenvalue weighted by Crippen LogP contribution is -2.29. The van der Waals surface area contributed by atoms with E-state index in [1.165, 1.54) is 11.3 Å². The molecule has 0 unspecified atom stereocenters. The molecule has 0 spiro atoms. The van der Waals surface area contributed by atoms with E-state index in [1.807, 2.05) is 13.8 Å². The van der Waals surface area contributed by atoms with E-state index in [4.69, 9.17) is 9.84 Å². The monoisotopic (exact) mass is 243 g/mol. The molecule has 0 fully saturated rings. The normalized spacial score (nSPS) is 12.8. The number of ether oxygens (including phenoxy) is 1. The maximum atomic E-state index is 11.1. The van der Waals surface area contributed by atoms with E-state index in [2.05, 4.69) is 4.98 Å². The lowest BCUT2D eigenvalue weighted by Gasteiger charge is -2.20. The predicted molar refractivity (Wildman–Crippen MR) is 62.8 cm³/mol. The van der Waals surface area contributed by atoms with Crippen LogP contribution in [0.4, 0.5) is 0 Å². The Bertz CT molecular complexity index is 396. The lowest BCUT2D eigenvalue weighted by molar-refractivity contribution is -0.142. The van der Waals surface area contributed by atoms with Crippen LogP contribution in [0.2, 0.25) is 0 Å². The van der Waals surface area contributed by atoms with Crippen molar-refractivity contribution < 1.29 is 14.6 Å². The first-order chi connectivity index (χ1) is 7.21. The van der Waals surface area contributed by atoms with Crippen LogP contribution in [0.1, 0.15) is 38.4 Å². The molecule has 16 heavy (non-hydrogen) atoms. The van der Waals surface area contributed by atoms with Crippen LogP contribution in [-0.4, -0.2) is 23.2 Å². The van der Waals surface area contributed by atoms with E-state index in [9.17, 15) is 4.79 Å². The van der Waals surface area contributed by atoms with Gasteiger partial charge in [-0.1, -0.05) is 0 Å². The highest BCUT2D eigenvalue weighted by Crippen LogP contribution is 2.31. The molecule has 1 aromatic rings. The zero-order valence-electron chi connectivity index (χ0n) is 10.2. The summed E-state index contributed by atoms with van der Waals surface area (Å²) in [4.78, 5) is 15.4. The quantitative estimate of drug-likeness (QED) is 0.882. The molecule has 90 valence electrons. The average molecular weight is 243 g/mol. The summed E-state index contributed by atoms with van der Waals surface area (Å²) in [6.07, 6.45) is 0. The van der Waals surface area contributed by atoms with Gasteiger partial charge in [0.25, 0.3) is 0 Å². The SMILES string of the molecule is COC(C)(C)c1nc(C(C)(C)C(=O)O)cs1. The largest absolute Gasteiger partial charge is 0.481 e. The third-order valence-electron chi connectivity index (χ3n) is 2.70. The van der Waals surface area contributed by atoms with Gasteiger partial charge < -0.3 is 9.84 Å². The minimum Gasteiger partial charge on any atom is -0.481 e. The Morgan fingerprint density at radius 3 is 2.44 bits per heavy atom. The molecule has 4 nitrogen and oxygen atoms in total. The number of rotatable bonds is 4. The van der Waals surface area contributed by atoms with Crippen LogP contribution >= 0.6 is 11.3 Å². The van der Waals surface area contributed by atoms with Crippen LogP contribution in [0.25, 0.3) is 0 Å². The second-order valence-corrected chi connectivity index (χ2v) is 5.54. The van der Waals surface area contributed by atoms with E-state index in [0.29, 0.717) is 5.69 Å². The van der Waals surface area contributed by atoms with Crippen molar-refractivity contribution in [3.63, 3.8) is 0 Å². The van der Waals surface area contributed by atoms with Crippen LogP contribution in [0.3, 0.4) is 0 Å². The molecule has 1 rings (SSSR count). The number of carbonyl (C=O) groups is 1. The molecule has 0 bridgehead atoms. The van der Waals surface area contributed by atoms with Gasteiger partial charge in [-0.2, -0.15) is 0 Å². The van der Waals surface area contributed by atoms with Crippen molar-refractivity contribution in [2.24, 2.45) is 0 Å². The Morgan fingerprint density at radius 2 is 2.00 bits per heavy atom. The Labute approximate surface area is 99.3 Å². The number of carboxylic acids is 1. The van der Waals surface area contributed by atoms with Crippen LogP contribution < -0.4 is 0 Å². The first-order valence-electron chi connectivity index (χ1n) is 4.97. The number of methoxy groups -OCH3 is 1. The van der Waals surface area contributed by atoms with E-state index in [0.717, 1.165) is 5.01 Å². The maximum absolute atomic E-state index is 11.1. The van der Waals surface area contributed by atoms with Crippen LogP contribution in [-0.2, 0) is 20.5 Å². The molecule has 0 saturated carbocycles. The standard InChI is InChI=1S/C11H17NO3S/c1-10(2,9(13)14)7-6-16-8(12-7)11(3,4)15-5/h6H,1-5H3,(H,13,14). The van der Waals surface area contributed by atoms with Crippen LogP contribution in [0, 0.1) is 0 Å². The minimum atomic E-state index is -0.960. The summed E-state index contributed by atoms with van der Waals surface area (Å²) in [7, 11) is 1.61. The topological polar surface area (TPSA) is 59.4 Å². The third-order valence-corrected chi connectivity index (χ3v) is 3.85. The summed E-state index contributed by atoms with van der Waals surface area (Å²) >= 11 is 1.43. The van der Waals surface area contributed by atoms with Crippen LogP contribution in [0.5, 0.6) is 0 Å². The lowest BCUT2D eigenvalue weighted by atomic mass is 9.90. The highest BCUT2D eigenvalue weighted by molar-refractivity contribution is 7.09. The van der Waals surface area contributed by atoms with Crippen molar-refractivity contribution in [3.05, 3.63) is 16.1 Å². The molecule has 1 N–H and O–H groups in total. The van der Waals surface area contributed by atoms with Crippen molar-refractivity contribution in [1.82, 2.24) is 4.98 Å². The summed E-state index contributed by atoms with van der Waals surface area (Å²) < 4.78 is 5.31. The summed E-state index contributed by atoms with van der Waals surface area (Å²) in [5.74, 6) is -0.875. The van der Waals surface area contributed by atoms with E-state index in [1.54, 1.807) is 26.3 Å². The number of thiazole rings is 1. The fourth-order valence-corrected chi connectivity index (χ4v) is 2.12. The highest BCUT2D eigenvalue weighted by atomic mass is 32.1. The van der Waals surface area contributed by atoms with Gasteiger partial charge in [0.2, 0.25) is 0 Å². The minimum absolute atomic E-state index is 0.475. The summed E-state index contributed by atoms with van der Waals surface area (Å²) in [6, 6.07) is 0. The van der Waals surface area contributed by atoms with Gasteiger partial charge >= 0.3 is 5.97 Å². The van der Waals surface area contributed by atoms with E-state index >= 15 is 0 Å². The van der Waals surface area contributed by atoms with Crippen molar-refractivity contribution in [1.29, 1.82) is 0 Å². The van der Waals surface area contributed by atoms with Gasteiger partial charge in [-0.25, -0.2) is 4.98 Å². The second kappa shape index (κ2) is 4.14. The van der Waals surface area contributed by atoms with Crippen LogP contribution in [0.15, 0.2) is 5.38 Å². The molecule has 1 aromatic heterocycles. The first kappa shape index (κ1) is 13.1. The molecule has 0 aromatic carbocycles. The number of carboxylic acid groups (broad SMARTS) is 1. The summed E-state index contributed by atoms with van der Waals surface area (Å²) in [5.41, 5.74) is -0.860.